The number of aryl methyl sites for hydroxylation is 1. The predicted octanol–water partition coefficient (Wildman–Crippen LogP) is 4.93. The van der Waals surface area contributed by atoms with Gasteiger partial charge in [-0.1, -0.05) is 0 Å². The van der Waals surface area contributed by atoms with E-state index in [1.54, 1.807) is 18.2 Å². The molecule has 3 aromatic heterocycles. The fourth-order valence-corrected chi connectivity index (χ4v) is 3.83. The van der Waals surface area contributed by atoms with E-state index < -0.39 is 5.82 Å². The van der Waals surface area contributed by atoms with Gasteiger partial charge in [0, 0.05) is 28.2 Å². The van der Waals surface area contributed by atoms with Crippen LogP contribution in [0.1, 0.15) is 11.3 Å². The molecule has 35 heavy (non-hydrogen) atoms. The summed E-state index contributed by atoms with van der Waals surface area (Å²) in [5.41, 5.74) is 3.03. The summed E-state index contributed by atoms with van der Waals surface area (Å²) in [6.45, 7) is 2.02. The Morgan fingerprint density at radius 2 is 2.00 bits per heavy atom. The molecule has 2 aromatic carbocycles. The highest BCUT2D eigenvalue weighted by Crippen LogP contribution is 2.36. The molecule has 0 saturated carbocycles. The van der Waals surface area contributed by atoms with E-state index in [0.29, 0.717) is 33.9 Å². The lowest BCUT2D eigenvalue weighted by molar-refractivity contribution is 0.174. The summed E-state index contributed by atoms with van der Waals surface area (Å²) in [6, 6.07) is 14.2. The molecule has 3 N–H and O–H groups in total. The lowest BCUT2D eigenvalue weighted by atomic mass is 10.1. The van der Waals surface area contributed by atoms with Crippen molar-refractivity contribution in [3.8, 4) is 40.5 Å². The van der Waals surface area contributed by atoms with Gasteiger partial charge in [0.25, 0.3) is 0 Å². The van der Waals surface area contributed by atoms with Crippen LogP contribution >= 0.6 is 0 Å². The highest BCUT2D eigenvalue weighted by atomic mass is 19.1. The number of nitrogens with zero attached hydrogens (tertiary/aromatic N) is 4. The molecule has 0 unspecified atom stereocenters. The molecule has 11 heteroatoms. The molecule has 1 aliphatic rings. The Kier molecular flexibility index (Phi) is 4.70. The zero-order valence-electron chi connectivity index (χ0n) is 18.2. The van der Waals surface area contributed by atoms with Gasteiger partial charge in [-0.2, -0.15) is 10.4 Å². The topological polar surface area (TPSA) is 134 Å². The van der Waals surface area contributed by atoms with Gasteiger partial charge in [-0.3, -0.25) is 5.10 Å². The highest BCUT2D eigenvalue weighted by Gasteiger charge is 2.19. The van der Waals surface area contributed by atoms with Crippen LogP contribution in [0.4, 0.5) is 16.0 Å². The van der Waals surface area contributed by atoms with E-state index in [2.05, 4.69) is 30.5 Å². The van der Waals surface area contributed by atoms with E-state index in [0.717, 1.165) is 11.3 Å². The molecule has 6 rings (SSSR count). The normalized spacial score (nSPS) is 12.0. The maximum absolute atomic E-state index is 15.0. The van der Waals surface area contributed by atoms with Crippen molar-refractivity contribution in [2.24, 2.45) is 0 Å². The molecule has 0 amide bonds. The summed E-state index contributed by atoms with van der Waals surface area (Å²) < 4.78 is 31.4. The molecule has 0 fully saturated rings. The second-order valence-corrected chi connectivity index (χ2v) is 7.77. The summed E-state index contributed by atoms with van der Waals surface area (Å²) >= 11 is 0. The first-order valence-corrected chi connectivity index (χ1v) is 10.5. The number of anilines is 2. The number of H-pyrrole nitrogens is 2. The van der Waals surface area contributed by atoms with Crippen molar-refractivity contribution in [2.45, 2.75) is 6.92 Å². The molecule has 172 valence electrons. The lowest BCUT2D eigenvalue weighted by Crippen LogP contribution is -2.02. The fraction of sp³-hybridized carbons (Fsp3) is 0.0833. The molecule has 1 aliphatic heterocycles. The molecule has 0 saturated heterocycles. The summed E-state index contributed by atoms with van der Waals surface area (Å²) in [7, 11) is 0. The predicted molar refractivity (Wildman–Crippen MR) is 123 cm³/mol. The maximum atomic E-state index is 15.0. The first kappa shape index (κ1) is 20.5. The zero-order valence-corrected chi connectivity index (χ0v) is 18.2. The third kappa shape index (κ3) is 3.63. The van der Waals surface area contributed by atoms with Crippen molar-refractivity contribution in [3.05, 3.63) is 65.9 Å². The van der Waals surface area contributed by atoms with Gasteiger partial charge in [0.05, 0.1) is 5.69 Å². The SMILES string of the molecule is Cc1cc2c(F)c(Oc3ncnc(Nc4cc(-c5ccc6c(c5)OCO6)[nH]n4)c3C#N)ccc2[nH]1. The quantitative estimate of drug-likeness (QED) is 0.330. The Bertz CT molecular complexity index is 1640. The van der Waals surface area contributed by atoms with Crippen molar-refractivity contribution in [1.29, 1.82) is 5.26 Å². The molecule has 0 aliphatic carbocycles. The van der Waals surface area contributed by atoms with E-state index in [4.69, 9.17) is 14.2 Å². The first-order chi connectivity index (χ1) is 17.1. The van der Waals surface area contributed by atoms with Crippen LogP contribution in [-0.2, 0) is 0 Å². The number of halogens is 1. The minimum absolute atomic E-state index is 0.00451. The van der Waals surface area contributed by atoms with Crippen LogP contribution in [0.3, 0.4) is 0 Å². The lowest BCUT2D eigenvalue weighted by Gasteiger charge is -2.10. The number of aromatic nitrogens is 5. The number of aromatic amines is 2. The molecule has 0 radical (unpaired) electrons. The molecule has 0 spiro atoms. The van der Waals surface area contributed by atoms with Gasteiger partial charge >= 0.3 is 0 Å². The number of rotatable bonds is 5. The van der Waals surface area contributed by atoms with Crippen molar-refractivity contribution in [3.63, 3.8) is 0 Å². The summed E-state index contributed by atoms with van der Waals surface area (Å²) in [5.74, 6) is 1.22. The maximum Gasteiger partial charge on any atom is 0.242 e. The third-order valence-corrected chi connectivity index (χ3v) is 5.48. The van der Waals surface area contributed by atoms with E-state index in [1.165, 1.54) is 12.4 Å². The Hall–Kier alpha value is -5.11. The molecule has 4 heterocycles. The number of hydrogen-bond acceptors (Lipinski definition) is 8. The smallest absolute Gasteiger partial charge is 0.242 e. The van der Waals surface area contributed by atoms with Crippen molar-refractivity contribution in [1.82, 2.24) is 25.1 Å². The Labute approximate surface area is 197 Å². The van der Waals surface area contributed by atoms with Crippen LogP contribution in [0.5, 0.6) is 23.1 Å². The minimum Gasteiger partial charge on any atom is -0.454 e. The monoisotopic (exact) mass is 469 g/mol. The van der Waals surface area contributed by atoms with E-state index in [-0.39, 0.29) is 29.8 Å². The number of nitrogens with one attached hydrogen (secondary N) is 3. The molecular weight excluding hydrogens is 453 g/mol. The molecule has 10 nitrogen and oxygen atoms in total. The number of benzene rings is 2. The molecule has 0 atom stereocenters. The summed E-state index contributed by atoms with van der Waals surface area (Å²) in [4.78, 5) is 11.2. The van der Waals surface area contributed by atoms with Gasteiger partial charge < -0.3 is 24.5 Å². The zero-order chi connectivity index (χ0) is 23.9. The van der Waals surface area contributed by atoms with Crippen molar-refractivity contribution >= 4 is 22.5 Å². The Morgan fingerprint density at radius 1 is 1.11 bits per heavy atom. The Balaban J connectivity index is 1.28. The third-order valence-electron chi connectivity index (χ3n) is 5.48. The highest BCUT2D eigenvalue weighted by molar-refractivity contribution is 5.83. The molecular formula is C24H16FN7O3. The number of fused-ring (bicyclic) bond motifs is 2. The van der Waals surface area contributed by atoms with Gasteiger partial charge in [-0.25, -0.2) is 14.4 Å². The standard InChI is InChI=1S/C24H16FN7O3/c1-12-6-14-16(29-12)3-5-19(22(14)25)35-24-15(9-26)23(27-10-28-24)30-21-8-17(31-32-21)13-2-4-18-20(7-13)34-11-33-18/h2-8,10,29H,11H2,1H3,(H2,27,28,30,31,32). The van der Waals surface area contributed by atoms with Crippen LogP contribution in [0.15, 0.2) is 48.8 Å². The van der Waals surface area contributed by atoms with Crippen LogP contribution < -0.4 is 19.5 Å². The first-order valence-electron chi connectivity index (χ1n) is 10.5. The van der Waals surface area contributed by atoms with Gasteiger partial charge in [-0.05, 0) is 43.3 Å². The van der Waals surface area contributed by atoms with Gasteiger partial charge in [0.1, 0.15) is 12.4 Å². The number of nitriles is 1. The second kappa shape index (κ2) is 8.03. The fourth-order valence-electron chi connectivity index (χ4n) is 3.83. The van der Waals surface area contributed by atoms with Crippen molar-refractivity contribution < 1.29 is 18.6 Å². The van der Waals surface area contributed by atoms with E-state index >= 15 is 0 Å². The van der Waals surface area contributed by atoms with Crippen LogP contribution in [0, 0.1) is 24.1 Å². The van der Waals surface area contributed by atoms with Gasteiger partial charge in [-0.15, -0.1) is 0 Å². The largest absolute Gasteiger partial charge is 0.454 e. The van der Waals surface area contributed by atoms with Gasteiger partial charge in [0.15, 0.2) is 40.3 Å². The molecule has 0 bridgehead atoms. The average Bonchev–Trinajstić information content (AvgIpc) is 3.60. The van der Waals surface area contributed by atoms with E-state index in [1.807, 2.05) is 31.2 Å². The number of ether oxygens (including phenoxy) is 3. The summed E-state index contributed by atoms with van der Waals surface area (Å²) in [5, 5.41) is 20.3. The van der Waals surface area contributed by atoms with Gasteiger partial charge in [0.2, 0.25) is 12.7 Å². The molecule has 5 aromatic rings. The van der Waals surface area contributed by atoms with Crippen LogP contribution in [-0.4, -0.2) is 31.9 Å². The van der Waals surface area contributed by atoms with Crippen molar-refractivity contribution in [2.75, 3.05) is 12.1 Å². The van der Waals surface area contributed by atoms with Crippen LogP contribution in [0.2, 0.25) is 0 Å². The second-order valence-electron chi connectivity index (χ2n) is 7.77. The van der Waals surface area contributed by atoms with E-state index in [9.17, 15) is 9.65 Å². The Morgan fingerprint density at radius 3 is 2.89 bits per heavy atom. The minimum atomic E-state index is -0.551. The average molecular weight is 469 g/mol. The summed E-state index contributed by atoms with van der Waals surface area (Å²) in [6.07, 6.45) is 1.22. The number of hydrogen-bond donors (Lipinski definition) is 3. The van der Waals surface area contributed by atoms with Crippen LogP contribution in [0.25, 0.3) is 22.2 Å².